The van der Waals surface area contributed by atoms with E-state index in [1.54, 1.807) is 0 Å². The predicted octanol–water partition coefficient (Wildman–Crippen LogP) is 2.59. The maximum Gasteiger partial charge on any atom is 0.303 e. The Morgan fingerprint density at radius 2 is 1.72 bits per heavy atom. The summed E-state index contributed by atoms with van der Waals surface area (Å²) in [6.07, 6.45) is 8.06. The van der Waals surface area contributed by atoms with Crippen LogP contribution in [-0.4, -0.2) is 33.4 Å². The summed E-state index contributed by atoms with van der Waals surface area (Å²) in [6, 6.07) is 0. The lowest BCUT2D eigenvalue weighted by Crippen LogP contribution is -2.57. The number of aliphatic carboxylic acids is 1. The lowest BCUT2D eigenvalue weighted by molar-refractivity contribution is -0.375. The summed E-state index contributed by atoms with van der Waals surface area (Å²) >= 11 is 0. The van der Waals surface area contributed by atoms with Gasteiger partial charge in [-0.1, -0.05) is 0 Å². The summed E-state index contributed by atoms with van der Waals surface area (Å²) in [4.78, 5) is 22.8. The Morgan fingerprint density at radius 3 is 2.48 bits per heavy atom. The van der Waals surface area contributed by atoms with Crippen LogP contribution in [0.4, 0.5) is 0 Å². The number of rotatable bonds is 2. The third-order valence-corrected chi connectivity index (χ3v) is 8.80. The van der Waals surface area contributed by atoms with Gasteiger partial charge in [0.2, 0.25) is 11.6 Å². The van der Waals surface area contributed by atoms with E-state index in [1.165, 1.54) is 0 Å². The van der Waals surface area contributed by atoms with E-state index in [0.29, 0.717) is 24.7 Å². The monoisotopic (exact) mass is 350 g/mol. The van der Waals surface area contributed by atoms with Crippen LogP contribution in [0.2, 0.25) is 0 Å². The van der Waals surface area contributed by atoms with E-state index >= 15 is 0 Å². The van der Waals surface area contributed by atoms with E-state index < -0.39 is 23.1 Å². The van der Waals surface area contributed by atoms with Crippen molar-refractivity contribution < 1.29 is 29.5 Å². The standard InChI is InChI=1S/C19H26O6/c20-15(21)5-11-1-3-18(4-2-11)23-19(25-24-18)13-6-12-9-17(22)10-14(19)8-16(12,17)7-13/h11-14,22H,1-10H2,(H,20,21)/t11?,12?,13?,14?,16?,17-,18?,19+/m1/s1. The maximum atomic E-state index is 11.1. The van der Waals surface area contributed by atoms with E-state index in [4.69, 9.17) is 19.6 Å². The molecule has 2 N–H and O–H groups in total. The number of carboxylic acid groups (broad SMARTS) is 1. The van der Waals surface area contributed by atoms with Crippen LogP contribution in [0.25, 0.3) is 0 Å². The highest BCUT2D eigenvalue weighted by Crippen LogP contribution is 2.80. The van der Waals surface area contributed by atoms with Crippen LogP contribution in [-0.2, 0) is 19.3 Å². The molecule has 4 unspecified atom stereocenters. The average molecular weight is 350 g/mol. The summed E-state index contributed by atoms with van der Waals surface area (Å²) in [7, 11) is 0. The van der Waals surface area contributed by atoms with E-state index in [1.807, 2.05) is 0 Å². The van der Waals surface area contributed by atoms with Crippen LogP contribution >= 0.6 is 0 Å². The molecule has 6 rings (SSSR count). The van der Waals surface area contributed by atoms with E-state index in [-0.39, 0.29) is 23.7 Å². The predicted molar refractivity (Wildman–Crippen MR) is 83.9 cm³/mol. The van der Waals surface area contributed by atoms with Gasteiger partial charge < -0.3 is 14.9 Å². The highest BCUT2D eigenvalue weighted by atomic mass is 17.3. The molecule has 0 aromatic heterocycles. The van der Waals surface area contributed by atoms with Gasteiger partial charge in [-0.2, -0.15) is 9.78 Å². The van der Waals surface area contributed by atoms with Gasteiger partial charge in [-0.3, -0.25) is 4.79 Å². The molecule has 25 heavy (non-hydrogen) atoms. The fourth-order valence-corrected chi connectivity index (χ4v) is 7.68. The molecule has 1 saturated heterocycles. The maximum absolute atomic E-state index is 11.1. The molecule has 0 aromatic rings. The largest absolute Gasteiger partial charge is 0.481 e. The molecule has 6 heteroatoms. The fourth-order valence-electron chi connectivity index (χ4n) is 7.68. The van der Waals surface area contributed by atoms with Crippen molar-refractivity contribution in [3.63, 3.8) is 0 Å². The first-order chi connectivity index (χ1) is 11.9. The molecule has 0 amide bonds. The van der Waals surface area contributed by atoms with Gasteiger partial charge in [-0.25, -0.2) is 0 Å². The zero-order chi connectivity index (χ0) is 17.1. The average Bonchev–Trinajstić information content (AvgIpc) is 3.12. The molecule has 6 nitrogen and oxygen atoms in total. The third kappa shape index (κ3) is 1.68. The Morgan fingerprint density at radius 1 is 1.00 bits per heavy atom. The molecule has 6 fully saturated rings. The van der Waals surface area contributed by atoms with Crippen LogP contribution in [0.5, 0.6) is 0 Å². The van der Waals surface area contributed by atoms with Crippen LogP contribution < -0.4 is 0 Å². The molecule has 6 aliphatic rings. The molecule has 5 aliphatic carbocycles. The van der Waals surface area contributed by atoms with Crippen molar-refractivity contribution in [1.82, 2.24) is 0 Å². The van der Waals surface area contributed by atoms with Crippen molar-refractivity contribution >= 4 is 5.97 Å². The Bertz CT molecular complexity index is 638. The van der Waals surface area contributed by atoms with Gasteiger partial charge >= 0.3 is 5.97 Å². The van der Waals surface area contributed by atoms with Crippen LogP contribution in [0.15, 0.2) is 0 Å². The highest BCUT2D eigenvalue weighted by molar-refractivity contribution is 5.67. The Labute approximate surface area is 146 Å². The van der Waals surface area contributed by atoms with Gasteiger partial charge in [0.05, 0.1) is 5.60 Å². The Balaban J connectivity index is 1.24. The molecule has 1 aliphatic heterocycles. The first-order valence-corrected chi connectivity index (χ1v) is 9.90. The van der Waals surface area contributed by atoms with Gasteiger partial charge in [0, 0.05) is 36.5 Å². The van der Waals surface area contributed by atoms with Crippen LogP contribution in [0, 0.1) is 29.1 Å². The molecule has 138 valence electrons. The highest BCUT2D eigenvalue weighted by Gasteiger charge is 2.82. The normalized spacial score (nSPS) is 61.0. The Hall–Kier alpha value is -0.690. The lowest BCUT2D eigenvalue weighted by atomic mass is 9.53. The van der Waals surface area contributed by atoms with Gasteiger partial charge in [-0.15, -0.1) is 0 Å². The smallest absolute Gasteiger partial charge is 0.303 e. The second kappa shape index (κ2) is 4.41. The molecule has 0 aromatic carbocycles. The van der Waals surface area contributed by atoms with Crippen molar-refractivity contribution in [2.45, 2.75) is 81.4 Å². The molecule has 3 spiro atoms. The second-order valence-corrected chi connectivity index (χ2v) is 9.77. The van der Waals surface area contributed by atoms with E-state index in [2.05, 4.69) is 0 Å². The molecule has 3 bridgehead atoms. The molecule has 1 heterocycles. The van der Waals surface area contributed by atoms with Crippen molar-refractivity contribution in [3.05, 3.63) is 0 Å². The van der Waals surface area contributed by atoms with Crippen LogP contribution in [0.1, 0.15) is 64.2 Å². The third-order valence-electron chi connectivity index (χ3n) is 8.80. The Kier molecular flexibility index (Phi) is 2.71. The SMILES string of the molecule is O=C(O)CC1CCC2(CC1)OO[C@@]1(O2)C2CC3C[C@@]4(O)CC1CC34C2. The fraction of sp³-hybridized carbons (Fsp3) is 0.947. The minimum atomic E-state index is -0.727. The zero-order valence-electron chi connectivity index (χ0n) is 14.4. The number of hydrogen-bond donors (Lipinski definition) is 2. The quantitative estimate of drug-likeness (QED) is 0.745. The summed E-state index contributed by atoms with van der Waals surface area (Å²) in [5, 5.41) is 20.1. The minimum Gasteiger partial charge on any atom is -0.481 e. The zero-order valence-corrected chi connectivity index (χ0v) is 14.4. The number of hydrogen-bond acceptors (Lipinski definition) is 5. The number of fused-ring (bicyclic) bond motifs is 4. The summed E-state index contributed by atoms with van der Waals surface area (Å²) in [5.41, 5.74) is -0.364. The summed E-state index contributed by atoms with van der Waals surface area (Å²) in [6.45, 7) is 0. The van der Waals surface area contributed by atoms with Crippen molar-refractivity contribution in [2.75, 3.05) is 0 Å². The number of carboxylic acids is 1. The van der Waals surface area contributed by atoms with Gasteiger partial charge in [0.25, 0.3) is 0 Å². The van der Waals surface area contributed by atoms with E-state index in [9.17, 15) is 9.90 Å². The van der Waals surface area contributed by atoms with E-state index in [0.717, 1.165) is 44.9 Å². The minimum absolute atomic E-state index is 0.134. The number of aliphatic hydroxyl groups is 1. The lowest BCUT2D eigenvalue weighted by Gasteiger charge is -2.55. The first kappa shape index (κ1) is 15.4. The van der Waals surface area contributed by atoms with Crippen LogP contribution in [0.3, 0.4) is 0 Å². The second-order valence-electron chi connectivity index (χ2n) is 9.77. The summed E-state index contributed by atoms with van der Waals surface area (Å²) < 4.78 is 6.64. The molecule has 6 atom stereocenters. The summed E-state index contributed by atoms with van der Waals surface area (Å²) in [5.74, 6) is -0.728. The van der Waals surface area contributed by atoms with Gasteiger partial charge in [0.15, 0.2) is 0 Å². The molecule has 5 saturated carbocycles. The topological polar surface area (TPSA) is 85.2 Å². The van der Waals surface area contributed by atoms with Gasteiger partial charge in [-0.05, 0) is 56.8 Å². The van der Waals surface area contributed by atoms with Gasteiger partial charge in [0.1, 0.15) is 0 Å². The molecular weight excluding hydrogens is 324 g/mol. The molecule has 0 radical (unpaired) electrons. The molecular formula is C19H26O6. The number of carbonyl (C=O) groups is 1. The first-order valence-electron chi connectivity index (χ1n) is 9.90. The number of ether oxygens (including phenoxy) is 1. The van der Waals surface area contributed by atoms with Crippen molar-refractivity contribution in [1.29, 1.82) is 0 Å². The van der Waals surface area contributed by atoms with Crippen molar-refractivity contribution in [2.24, 2.45) is 29.1 Å². The van der Waals surface area contributed by atoms with Crippen molar-refractivity contribution in [3.8, 4) is 0 Å².